The number of imidazole rings is 1. The molecule has 0 radical (unpaired) electrons. The summed E-state index contributed by atoms with van der Waals surface area (Å²) in [6.45, 7) is 4.29. The molecule has 2 unspecified atom stereocenters. The monoisotopic (exact) mass is 603 g/mol. The number of carbonyl (C=O) groups is 1. The molecule has 6 rings (SSSR count). The molecule has 222 valence electrons. The Bertz CT molecular complexity index is 1760. The van der Waals surface area contributed by atoms with E-state index in [2.05, 4.69) is 9.89 Å². The third-order valence-corrected chi connectivity index (χ3v) is 9.13. The minimum atomic E-state index is -4.83. The van der Waals surface area contributed by atoms with Crippen LogP contribution in [0.3, 0.4) is 0 Å². The smallest absolute Gasteiger partial charge is 0.406 e. The third-order valence-electron chi connectivity index (χ3n) is 7.86. The van der Waals surface area contributed by atoms with E-state index < -0.39 is 22.4 Å². The minimum Gasteiger partial charge on any atom is -0.406 e. The van der Waals surface area contributed by atoms with Crippen LogP contribution in [0, 0.1) is 13.8 Å². The summed E-state index contributed by atoms with van der Waals surface area (Å²) < 4.78 is 75.6. The number of rotatable bonds is 6. The fourth-order valence-electron chi connectivity index (χ4n) is 6.07. The fraction of sp³-hybridized carbons (Fsp3) is 0.393. The summed E-state index contributed by atoms with van der Waals surface area (Å²) in [5.74, 6) is 0.670. The summed E-state index contributed by atoms with van der Waals surface area (Å²) in [6.07, 6.45) is -2.44. The molecule has 4 aromatic rings. The molecule has 42 heavy (non-hydrogen) atoms. The van der Waals surface area contributed by atoms with Crippen LogP contribution in [0.15, 0.2) is 47.0 Å². The molecule has 0 aliphatic carbocycles. The first-order valence-electron chi connectivity index (χ1n) is 13.4. The zero-order valence-corrected chi connectivity index (χ0v) is 23.9. The Morgan fingerprint density at radius 1 is 1.07 bits per heavy atom. The molecule has 14 heteroatoms. The standard InChI is InChI=1S/C28H28F3N5O5S/c1-16-26(17(2)41-33-16)18-4-9-23-22(14-18)32-27(36(23)20-12-13-34(15-20)42(3,38)39)24-10-11-25(37)35(24)19-5-7-21(8-6-19)40-28(29,30)31/h4-9,14,20,24H,10-13,15H2,1-3H3. The number of ether oxygens (including phenoxy) is 1. The Balaban J connectivity index is 1.45. The number of hydrogen-bond donors (Lipinski definition) is 0. The zero-order chi connectivity index (χ0) is 30.0. The lowest BCUT2D eigenvalue weighted by Crippen LogP contribution is -2.31. The van der Waals surface area contributed by atoms with Crippen LogP contribution in [0.2, 0.25) is 0 Å². The maximum atomic E-state index is 13.2. The Morgan fingerprint density at radius 3 is 2.43 bits per heavy atom. The van der Waals surface area contributed by atoms with Gasteiger partial charge in [-0.05, 0) is 68.7 Å². The van der Waals surface area contributed by atoms with Crippen molar-refractivity contribution in [1.29, 1.82) is 0 Å². The number of amides is 1. The van der Waals surface area contributed by atoms with Crippen LogP contribution in [0.25, 0.3) is 22.2 Å². The van der Waals surface area contributed by atoms with Gasteiger partial charge in [-0.15, -0.1) is 13.2 Å². The number of sulfonamides is 1. The summed E-state index contributed by atoms with van der Waals surface area (Å²) >= 11 is 0. The topological polar surface area (TPSA) is 111 Å². The number of halogens is 3. The summed E-state index contributed by atoms with van der Waals surface area (Å²) in [5, 5.41) is 4.05. The second kappa shape index (κ2) is 10.1. The highest BCUT2D eigenvalue weighted by Gasteiger charge is 2.40. The number of aryl methyl sites for hydroxylation is 2. The molecule has 0 saturated carbocycles. The lowest BCUT2D eigenvalue weighted by Gasteiger charge is -2.27. The van der Waals surface area contributed by atoms with Crippen molar-refractivity contribution in [2.75, 3.05) is 24.2 Å². The normalized spacial score (nSPS) is 20.2. The molecule has 2 aliphatic rings. The van der Waals surface area contributed by atoms with Gasteiger partial charge in [-0.25, -0.2) is 17.7 Å². The van der Waals surface area contributed by atoms with E-state index in [0.717, 1.165) is 22.3 Å². The van der Waals surface area contributed by atoms with E-state index in [9.17, 15) is 26.4 Å². The predicted octanol–water partition coefficient (Wildman–Crippen LogP) is 5.28. The maximum absolute atomic E-state index is 13.2. The van der Waals surface area contributed by atoms with Crippen molar-refractivity contribution in [3.8, 4) is 16.9 Å². The lowest BCUT2D eigenvalue weighted by atomic mass is 10.0. The Hall–Kier alpha value is -3.91. The van der Waals surface area contributed by atoms with Crippen molar-refractivity contribution in [2.24, 2.45) is 0 Å². The van der Waals surface area contributed by atoms with Crippen LogP contribution in [0.4, 0.5) is 18.9 Å². The molecule has 2 fully saturated rings. The van der Waals surface area contributed by atoms with Crippen molar-refractivity contribution >= 4 is 32.7 Å². The van der Waals surface area contributed by atoms with Crippen molar-refractivity contribution in [3.63, 3.8) is 0 Å². The predicted molar refractivity (Wildman–Crippen MR) is 147 cm³/mol. The molecule has 2 aromatic heterocycles. The second-order valence-electron chi connectivity index (χ2n) is 10.7. The van der Waals surface area contributed by atoms with E-state index in [4.69, 9.17) is 9.51 Å². The van der Waals surface area contributed by atoms with E-state index in [0.29, 0.717) is 42.2 Å². The zero-order valence-electron chi connectivity index (χ0n) is 23.1. The van der Waals surface area contributed by atoms with Gasteiger partial charge in [0.1, 0.15) is 17.3 Å². The molecule has 2 atom stereocenters. The number of carbonyl (C=O) groups excluding carboxylic acids is 1. The van der Waals surface area contributed by atoms with Crippen LogP contribution in [0.1, 0.15) is 48.6 Å². The molecule has 4 heterocycles. The van der Waals surface area contributed by atoms with Crippen molar-refractivity contribution < 1.29 is 35.6 Å². The largest absolute Gasteiger partial charge is 0.573 e. The fourth-order valence-corrected chi connectivity index (χ4v) is 6.95. The highest BCUT2D eigenvalue weighted by Crippen LogP contribution is 2.42. The van der Waals surface area contributed by atoms with Crippen LogP contribution in [-0.2, 0) is 14.8 Å². The SMILES string of the molecule is Cc1noc(C)c1-c1ccc2c(c1)nc(C1CCC(=O)N1c1ccc(OC(F)(F)F)cc1)n2C1CCN(S(C)(=O)=O)C1. The molecule has 0 spiro atoms. The van der Waals surface area contributed by atoms with E-state index in [1.807, 2.05) is 36.6 Å². The minimum absolute atomic E-state index is 0.191. The molecular weight excluding hydrogens is 575 g/mol. The maximum Gasteiger partial charge on any atom is 0.573 e. The van der Waals surface area contributed by atoms with Gasteiger partial charge in [0.15, 0.2) is 0 Å². The number of alkyl halides is 3. The molecule has 2 aliphatic heterocycles. The van der Waals surface area contributed by atoms with Crippen LogP contribution < -0.4 is 9.64 Å². The van der Waals surface area contributed by atoms with Gasteiger partial charge in [-0.1, -0.05) is 11.2 Å². The van der Waals surface area contributed by atoms with Crippen LogP contribution >= 0.6 is 0 Å². The average Bonchev–Trinajstić information content (AvgIpc) is 3.68. The Kier molecular flexibility index (Phi) is 6.80. The summed E-state index contributed by atoms with van der Waals surface area (Å²) in [4.78, 5) is 19.7. The van der Waals surface area contributed by atoms with Crippen molar-refractivity contribution in [1.82, 2.24) is 19.0 Å². The average molecular weight is 604 g/mol. The second-order valence-corrected chi connectivity index (χ2v) is 12.6. The lowest BCUT2D eigenvalue weighted by molar-refractivity contribution is -0.274. The van der Waals surface area contributed by atoms with Gasteiger partial charge in [0.25, 0.3) is 0 Å². The number of fused-ring (bicyclic) bond motifs is 1. The number of benzene rings is 2. The van der Waals surface area contributed by atoms with Gasteiger partial charge in [0, 0.05) is 30.8 Å². The molecule has 1 amide bonds. The Labute approximate surface area is 239 Å². The third kappa shape index (κ3) is 5.13. The van der Waals surface area contributed by atoms with E-state index in [-0.39, 0.29) is 30.7 Å². The molecular formula is C28H28F3N5O5S. The van der Waals surface area contributed by atoms with E-state index in [1.54, 1.807) is 4.90 Å². The molecule has 0 bridgehead atoms. The molecule has 0 N–H and O–H groups in total. The number of aromatic nitrogens is 3. The number of hydrogen-bond acceptors (Lipinski definition) is 7. The van der Waals surface area contributed by atoms with Crippen LogP contribution in [0.5, 0.6) is 5.75 Å². The summed E-state index contributed by atoms with van der Waals surface area (Å²) in [6, 6.07) is 10.2. The first-order valence-corrected chi connectivity index (χ1v) is 15.2. The number of nitrogens with zero attached hydrogens (tertiary/aromatic N) is 5. The van der Waals surface area contributed by atoms with E-state index >= 15 is 0 Å². The molecule has 2 saturated heterocycles. The van der Waals surface area contributed by atoms with Gasteiger partial charge < -0.3 is 18.7 Å². The van der Waals surface area contributed by atoms with Gasteiger partial charge in [-0.3, -0.25) is 4.79 Å². The molecule has 2 aromatic carbocycles. The van der Waals surface area contributed by atoms with Gasteiger partial charge in [0.2, 0.25) is 15.9 Å². The first-order chi connectivity index (χ1) is 19.8. The van der Waals surface area contributed by atoms with Crippen molar-refractivity contribution in [2.45, 2.75) is 51.6 Å². The Morgan fingerprint density at radius 2 is 1.81 bits per heavy atom. The number of anilines is 1. The highest BCUT2D eigenvalue weighted by atomic mass is 32.2. The molecule has 10 nitrogen and oxygen atoms in total. The summed E-state index contributed by atoms with van der Waals surface area (Å²) in [7, 11) is -3.41. The quantitative estimate of drug-likeness (QED) is 0.295. The van der Waals surface area contributed by atoms with Gasteiger partial charge >= 0.3 is 6.36 Å². The first kappa shape index (κ1) is 28.2. The summed E-state index contributed by atoms with van der Waals surface area (Å²) in [5.41, 5.74) is 4.31. The van der Waals surface area contributed by atoms with Crippen LogP contribution in [-0.4, -0.2) is 59.0 Å². The van der Waals surface area contributed by atoms with E-state index in [1.165, 1.54) is 34.8 Å². The van der Waals surface area contributed by atoms with Gasteiger partial charge in [0.05, 0.1) is 35.1 Å². The van der Waals surface area contributed by atoms with Gasteiger partial charge in [-0.2, -0.15) is 0 Å². The van der Waals surface area contributed by atoms with Crippen molar-refractivity contribution in [3.05, 3.63) is 59.7 Å². The highest BCUT2D eigenvalue weighted by molar-refractivity contribution is 7.88.